The summed E-state index contributed by atoms with van der Waals surface area (Å²) in [5.41, 5.74) is 3.67. The second-order valence-corrected chi connectivity index (χ2v) is 4.62. The molecule has 1 N–H and O–H groups in total. The molecule has 18 heavy (non-hydrogen) atoms. The van der Waals surface area contributed by atoms with Crippen molar-refractivity contribution in [3.63, 3.8) is 0 Å². The number of nitrogens with zero attached hydrogens (tertiary/aromatic N) is 4. The van der Waals surface area contributed by atoms with Crippen molar-refractivity contribution in [3.05, 3.63) is 35.4 Å². The molecule has 5 nitrogen and oxygen atoms in total. The third-order valence-electron chi connectivity index (χ3n) is 3.36. The Morgan fingerprint density at radius 3 is 2.67 bits per heavy atom. The Morgan fingerprint density at radius 1 is 1.33 bits per heavy atom. The van der Waals surface area contributed by atoms with Gasteiger partial charge in [-0.15, -0.1) is 0 Å². The Balaban J connectivity index is 1.95. The zero-order valence-electron chi connectivity index (χ0n) is 11.5. The van der Waals surface area contributed by atoms with Gasteiger partial charge in [0.15, 0.2) is 0 Å². The lowest BCUT2D eigenvalue weighted by Crippen LogP contribution is -2.18. The number of aryl methyl sites for hydroxylation is 2. The summed E-state index contributed by atoms with van der Waals surface area (Å²) in [7, 11) is 1.97. The summed E-state index contributed by atoms with van der Waals surface area (Å²) < 4.78 is 3.85. The Kier molecular flexibility index (Phi) is 3.81. The maximum Gasteiger partial charge on any atom is 0.0540 e. The first-order valence-corrected chi connectivity index (χ1v) is 6.35. The first-order valence-electron chi connectivity index (χ1n) is 6.35. The molecule has 98 valence electrons. The molecule has 0 spiro atoms. The van der Waals surface area contributed by atoms with Crippen LogP contribution in [-0.4, -0.2) is 19.6 Å². The lowest BCUT2D eigenvalue weighted by molar-refractivity contribution is 0.569. The van der Waals surface area contributed by atoms with Gasteiger partial charge < -0.3 is 5.32 Å². The fourth-order valence-corrected chi connectivity index (χ4v) is 1.99. The zero-order chi connectivity index (χ0) is 13.1. The average molecular weight is 247 g/mol. The molecular formula is C13H21N5. The summed E-state index contributed by atoms with van der Waals surface area (Å²) in [4.78, 5) is 0. The molecule has 0 radical (unpaired) electrons. The highest BCUT2D eigenvalue weighted by molar-refractivity contribution is 5.20. The molecular weight excluding hydrogens is 226 g/mol. The number of nitrogens with one attached hydrogen (secondary N) is 1. The second kappa shape index (κ2) is 5.35. The fourth-order valence-electron chi connectivity index (χ4n) is 1.99. The molecule has 0 saturated heterocycles. The Hall–Kier alpha value is -1.62. The van der Waals surface area contributed by atoms with Gasteiger partial charge in [0.25, 0.3) is 0 Å². The van der Waals surface area contributed by atoms with E-state index < -0.39 is 0 Å². The van der Waals surface area contributed by atoms with E-state index in [0.717, 1.165) is 13.1 Å². The topological polar surface area (TPSA) is 47.7 Å². The van der Waals surface area contributed by atoms with Crippen molar-refractivity contribution in [1.82, 2.24) is 24.9 Å². The van der Waals surface area contributed by atoms with Crippen LogP contribution in [0.1, 0.15) is 36.7 Å². The largest absolute Gasteiger partial charge is 0.306 e. The number of hydrogen-bond acceptors (Lipinski definition) is 3. The van der Waals surface area contributed by atoms with E-state index in [9.17, 15) is 0 Å². The molecule has 0 aliphatic carbocycles. The predicted molar refractivity (Wildman–Crippen MR) is 71.1 cm³/mol. The molecule has 5 heteroatoms. The normalized spacial score (nSPS) is 12.9. The highest BCUT2D eigenvalue weighted by Gasteiger charge is 2.11. The van der Waals surface area contributed by atoms with Crippen LogP contribution < -0.4 is 5.32 Å². The van der Waals surface area contributed by atoms with Gasteiger partial charge in [-0.2, -0.15) is 10.2 Å². The molecule has 2 rings (SSSR count). The quantitative estimate of drug-likeness (QED) is 0.876. The first-order chi connectivity index (χ1) is 8.61. The van der Waals surface area contributed by atoms with Crippen molar-refractivity contribution in [2.24, 2.45) is 7.05 Å². The van der Waals surface area contributed by atoms with Crippen LogP contribution in [-0.2, 0) is 20.1 Å². The van der Waals surface area contributed by atoms with Gasteiger partial charge in [-0.05, 0) is 20.8 Å². The van der Waals surface area contributed by atoms with Crippen molar-refractivity contribution in [3.8, 4) is 0 Å². The first kappa shape index (κ1) is 12.8. The third kappa shape index (κ3) is 2.61. The van der Waals surface area contributed by atoms with E-state index in [4.69, 9.17) is 0 Å². The highest BCUT2D eigenvalue weighted by atomic mass is 15.3. The molecule has 0 aliphatic heterocycles. The van der Waals surface area contributed by atoms with E-state index in [2.05, 4.69) is 42.5 Å². The predicted octanol–water partition coefficient (Wildman–Crippen LogP) is 1.80. The van der Waals surface area contributed by atoms with Crippen molar-refractivity contribution in [2.75, 3.05) is 0 Å². The Morgan fingerprint density at radius 2 is 2.11 bits per heavy atom. The zero-order valence-corrected chi connectivity index (χ0v) is 11.5. The van der Waals surface area contributed by atoms with E-state index in [1.54, 1.807) is 0 Å². The Labute approximate surface area is 108 Å². The lowest BCUT2D eigenvalue weighted by atomic mass is 10.1. The highest BCUT2D eigenvalue weighted by Crippen LogP contribution is 2.16. The van der Waals surface area contributed by atoms with Crippen LogP contribution in [0.25, 0.3) is 0 Å². The Bertz CT molecular complexity index is 511. The van der Waals surface area contributed by atoms with Gasteiger partial charge in [-0.3, -0.25) is 9.36 Å². The van der Waals surface area contributed by atoms with Gasteiger partial charge in [0.1, 0.15) is 0 Å². The van der Waals surface area contributed by atoms with Gasteiger partial charge in [0, 0.05) is 49.2 Å². The monoisotopic (exact) mass is 247 g/mol. The van der Waals surface area contributed by atoms with Gasteiger partial charge >= 0.3 is 0 Å². The molecule has 0 amide bonds. The molecule has 0 aliphatic rings. The van der Waals surface area contributed by atoms with Crippen molar-refractivity contribution in [1.29, 1.82) is 0 Å². The summed E-state index contributed by atoms with van der Waals surface area (Å²) in [6.45, 7) is 8.09. The van der Waals surface area contributed by atoms with E-state index in [1.165, 1.54) is 16.8 Å². The summed E-state index contributed by atoms with van der Waals surface area (Å²) in [5.74, 6) is 0. The van der Waals surface area contributed by atoms with Crippen LogP contribution in [0.3, 0.4) is 0 Å². The third-order valence-corrected chi connectivity index (χ3v) is 3.36. The summed E-state index contributed by atoms with van der Waals surface area (Å²) in [6.07, 6.45) is 5.93. The van der Waals surface area contributed by atoms with Crippen LogP contribution >= 0.6 is 0 Å². The molecule has 2 aromatic rings. The van der Waals surface area contributed by atoms with Gasteiger partial charge in [0.2, 0.25) is 0 Å². The van der Waals surface area contributed by atoms with Crippen LogP contribution in [0.4, 0.5) is 0 Å². The standard InChI is InChI=1S/C13H21N5/c1-5-18-9-12(7-16-18)6-14-10(2)13-8-15-17(4)11(13)3/h7-10,14H,5-6H2,1-4H3. The summed E-state index contributed by atoms with van der Waals surface area (Å²) in [6, 6.07) is 0.295. The second-order valence-electron chi connectivity index (χ2n) is 4.62. The SMILES string of the molecule is CCn1cc(CNC(C)c2cnn(C)c2C)cn1. The lowest BCUT2D eigenvalue weighted by Gasteiger charge is -2.12. The minimum atomic E-state index is 0.295. The molecule has 0 fully saturated rings. The maximum absolute atomic E-state index is 4.27. The van der Waals surface area contributed by atoms with E-state index >= 15 is 0 Å². The maximum atomic E-state index is 4.27. The van der Waals surface area contributed by atoms with Crippen LogP contribution in [0.2, 0.25) is 0 Å². The van der Waals surface area contributed by atoms with Gasteiger partial charge in [-0.25, -0.2) is 0 Å². The molecule has 2 heterocycles. The molecule has 0 aromatic carbocycles. The minimum absolute atomic E-state index is 0.295. The van der Waals surface area contributed by atoms with E-state index in [1.807, 2.05) is 28.8 Å². The van der Waals surface area contributed by atoms with Crippen LogP contribution in [0.15, 0.2) is 18.6 Å². The molecule has 0 saturated carbocycles. The molecule has 1 unspecified atom stereocenters. The molecule has 1 atom stereocenters. The molecule has 2 aromatic heterocycles. The fraction of sp³-hybridized carbons (Fsp3) is 0.538. The van der Waals surface area contributed by atoms with Crippen molar-refractivity contribution >= 4 is 0 Å². The van der Waals surface area contributed by atoms with Gasteiger partial charge in [0.05, 0.1) is 12.4 Å². The van der Waals surface area contributed by atoms with Crippen molar-refractivity contribution in [2.45, 2.75) is 39.9 Å². The smallest absolute Gasteiger partial charge is 0.0540 e. The van der Waals surface area contributed by atoms with Crippen LogP contribution in [0, 0.1) is 6.92 Å². The van der Waals surface area contributed by atoms with Gasteiger partial charge in [-0.1, -0.05) is 0 Å². The molecule has 0 bridgehead atoms. The number of aromatic nitrogens is 4. The summed E-state index contributed by atoms with van der Waals surface area (Å²) >= 11 is 0. The number of rotatable bonds is 5. The summed E-state index contributed by atoms with van der Waals surface area (Å²) in [5, 5.41) is 12.0. The van der Waals surface area contributed by atoms with E-state index in [-0.39, 0.29) is 0 Å². The van der Waals surface area contributed by atoms with Crippen molar-refractivity contribution < 1.29 is 0 Å². The minimum Gasteiger partial charge on any atom is -0.306 e. The van der Waals surface area contributed by atoms with Crippen LogP contribution in [0.5, 0.6) is 0 Å². The van der Waals surface area contributed by atoms with E-state index in [0.29, 0.717) is 6.04 Å². The average Bonchev–Trinajstić information content (AvgIpc) is 2.95. The number of hydrogen-bond donors (Lipinski definition) is 1.